The molecule has 34 heavy (non-hydrogen) atoms. The number of primary amides is 1. The number of likely N-dealkylation sites (N-methyl/N-ethyl adjacent to an activating group) is 1. The molecule has 186 valence electrons. The fourth-order valence-corrected chi connectivity index (χ4v) is 4.04. The molecular formula is C21H25F5N6O2. The van der Waals surface area contributed by atoms with Crippen molar-refractivity contribution in [1.29, 1.82) is 0 Å². The van der Waals surface area contributed by atoms with Crippen molar-refractivity contribution in [3.63, 3.8) is 0 Å². The Hall–Kier alpha value is -3.09. The lowest BCUT2D eigenvalue weighted by Crippen LogP contribution is -2.43. The summed E-state index contributed by atoms with van der Waals surface area (Å²) in [5.74, 6) is -5.51. The highest BCUT2D eigenvalue weighted by Crippen LogP contribution is 2.65. The van der Waals surface area contributed by atoms with E-state index in [9.17, 15) is 31.5 Å². The van der Waals surface area contributed by atoms with Gasteiger partial charge in [-0.2, -0.15) is 28.6 Å². The Kier molecular flexibility index (Phi) is 7.24. The lowest BCUT2D eigenvalue weighted by Gasteiger charge is -2.28. The van der Waals surface area contributed by atoms with Crippen molar-refractivity contribution in [2.24, 2.45) is 11.1 Å². The largest absolute Gasteiger partial charge is 0.395 e. The predicted molar refractivity (Wildman–Crippen MR) is 111 cm³/mol. The van der Waals surface area contributed by atoms with Gasteiger partial charge in [-0.3, -0.25) is 9.59 Å². The summed E-state index contributed by atoms with van der Waals surface area (Å²) in [5.41, 5.74) is 2.44. The normalized spacial score (nSPS) is 16.8. The highest BCUT2D eigenvalue weighted by molar-refractivity contribution is 5.93. The van der Waals surface area contributed by atoms with Crippen LogP contribution in [-0.4, -0.2) is 65.0 Å². The van der Waals surface area contributed by atoms with Crippen LogP contribution in [0.25, 0.3) is 0 Å². The summed E-state index contributed by atoms with van der Waals surface area (Å²) in [4.78, 5) is 25.5. The fourth-order valence-electron chi connectivity index (χ4n) is 4.04. The first-order chi connectivity index (χ1) is 15.9. The van der Waals surface area contributed by atoms with Crippen molar-refractivity contribution < 1.29 is 31.5 Å². The third kappa shape index (κ3) is 5.18. The third-order valence-corrected chi connectivity index (χ3v) is 6.35. The number of aromatic amines is 1. The predicted octanol–water partition coefficient (Wildman–Crippen LogP) is 2.29. The van der Waals surface area contributed by atoms with Crippen molar-refractivity contribution >= 4 is 11.8 Å². The zero-order valence-electron chi connectivity index (χ0n) is 18.5. The van der Waals surface area contributed by atoms with Gasteiger partial charge in [0.25, 0.3) is 5.91 Å². The molecule has 8 nitrogen and oxygen atoms in total. The molecular weight excluding hydrogens is 463 g/mol. The number of nitrogens with one attached hydrogen (secondary N) is 2. The number of hydrogen-bond donors (Lipinski definition) is 3. The van der Waals surface area contributed by atoms with Crippen LogP contribution in [0.2, 0.25) is 0 Å². The maximum Gasteiger partial charge on any atom is 0.395 e. The Balaban J connectivity index is 1.69. The van der Waals surface area contributed by atoms with Crippen LogP contribution in [0.15, 0.2) is 18.3 Å². The van der Waals surface area contributed by atoms with Gasteiger partial charge in [0.2, 0.25) is 5.91 Å². The van der Waals surface area contributed by atoms with Gasteiger partial charge in [0.15, 0.2) is 11.6 Å². The second-order valence-electron chi connectivity index (χ2n) is 8.70. The van der Waals surface area contributed by atoms with Crippen molar-refractivity contribution in [2.45, 2.75) is 43.8 Å². The number of benzene rings is 1. The van der Waals surface area contributed by atoms with E-state index in [0.29, 0.717) is 0 Å². The zero-order chi connectivity index (χ0) is 25.3. The summed E-state index contributed by atoms with van der Waals surface area (Å²) < 4.78 is 69.6. The Morgan fingerprint density at radius 2 is 1.91 bits per heavy atom. The van der Waals surface area contributed by atoms with Crippen molar-refractivity contribution in [2.75, 3.05) is 20.6 Å². The van der Waals surface area contributed by atoms with Gasteiger partial charge in [-0.05, 0) is 45.0 Å². The Bertz CT molecular complexity index is 1040. The van der Waals surface area contributed by atoms with Gasteiger partial charge in [0, 0.05) is 24.9 Å². The van der Waals surface area contributed by atoms with Gasteiger partial charge >= 0.3 is 6.18 Å². The fraction of sp³-hybridized carbons (Fsp3) is 0.524. The Labute approximate surface area is 192 Å². The van der Waals surface area contributed by atoms with E-state index in [2.05, 4.69) is 20.7 Å². The molecule has 0 radical (unpaired) electrons. The topological polar surface area (TPSA) is 117 Å². The van der Waals surface area contributed by atoms with Gasteiger partial charge in [-0.15, -0.1) is 0 Å². The molecule has 0 spiro atoms. The maximum atomic E-state index is 14.4. The van der Waals surface area contributed by atoms with E-state index in [1.54, 1.807) is 19.0 Å². The van der Waals surface area contributed by atoms with Gasteiger partial charge in [0.1, 0.15) is 0 Å². The van der Waals surface area contributed by atoms with Crippen molar-refractivity contribution in [1.82, 2.24) is 25.6 Å². The molecule has 0 saturated heterocycles. The molecule has 1 heterocycles. The monoisotopic (exact) mass is 488 g/mol. The highest BCUT2D eigenvalue weighted by atomic mass is 19.4. The van der Waals surface area contributed by atoms with Crippen LogP contribution < -0.4 is 11.1 Å². The van der Waals surface area contributed by atoms with Crippen molar-refractivity contribution in [3.05, 3.63) is 46.8 Å². The van der Waals surface area contributed by atoms with E-state index in [1.165, 1.54) is 12.3 Å². The smallest absolute Gasteiger partial charge is 0.366 e. The summed E-state index contributed by atoms with van der Waals surface area (Å²) in [7, 11) is 3.31. The molecule has 0 bridgehead atoms. The van der Waals surface area contributed by atoms with Crippen LogP contribution in [0.3, 0.4) is 0 Å². The van der Waals surface area contributed by atoms with Crippen LogP contribution in [0.5, 0.6) is 0 Å². The molecule has 13 heteroatoms. The number of halogens is 5. The molecule has 1 fully saturated rings. The minimum atomic E-state index is -4.50. The molecule has 1 aromatic carbocycles. The second kappa shape index (κ2) is 9.65. The highest BCUT2D eigenvalue weighted by Gasteiger charge is 2.68. The van der Waals surface area contributed by atoms with Gasteiger partial charge < -0.3 is 16.0 Å². The molecule has 1 aliphatic rings. The summed E-state index contributed by atoms with van der Waals surface area (Å²) in [5, 5.41) is 12.2. The summed E-state index contributed by atoms with van der Waals surface area (Å²) in [6, 6.07) is 1.80. The number of nitrogens with zero attached hydrogens (tertiary/aromatic N) is 3. The quantitative estimate of drug-likeness (QED) is 0.444. The molecule has 2 amide bonds. The van der Waals surface area contributed by atoms with Crippen LogP contribution in [0, 0.1) is 17.0 Å². The maximum absolute atomic E-state index is 14.4. The molecule has 1 saturated carbocycles. The molecule has 2 aromatic rings. The van der Waals surface area contributed by atoms with Crippen LogP contribution in [0.1, 0.15) is 46.8 Å². The number of alkyl halides is 3. The number of carbonyl (C=O) groups is 2. The summed E-state index contributed by atoms with van der Waals surface area (Å²) in [6.45, 7) is -0.0327. The Morgan fingerprint density at radius 3 is 2.41 bits per heavy atom. The van der Waals surface area contributed by atoms with E-state index >= 15 is 0 Å². The lowest BCUT2D eigenvalue weighted by molar-refractivity contribution is -0.195. The number of carbonyl (C=O) groups excluding carboxylic acids is 2. The number of amides is 2. The molecule has 2 atom stereocenters. The number of hydrogen-bond acceptors (Lipinski definition) is 5. The standard InChI is InChI=1S/C21H25F5N6O2/c1-32(2)12(7-11-3-4-13(19(27)34)18(23)17(11)22)9-28-16(33)8-14(15-10-29-31-30-15)20(5-6-20)21(24,25)26/h3-4,10,12,14H,5-9H2,1-2H3,(H2,27,34)(H,28,33)(H,29,30,31)/t12-,14+/m0/s1. The Morgan fingerprint density at radius 1 is 1.24 bits per heavy atom. The summed E-state index contributed by atoms with van der Waals surface area (Å²) >= 11 is 0. The minimum Gasteiger partial charge on any atom is -0.366 e. The molecule has 0 aliphatic heterocycles. The number of H-pyrrole nitrogens is 1. The van der Waals surface area contributed by atoms with E-state index in [1.807, 2.05) is 0 Å². The number of aromatic nitrogens is 3. The first kappa shape index (κ1) is 25.5. The van der Waals surface area contributed by atoms with Crippen LogP contribution >= 0.6 is 0 Å². The SMILES string of the molecule is CN(C)[C@H](CNC(=O)C[C@H](c1cn[nH]n1)C1(C(F)(F)F)CC1)Cc1ccc(C(N)=O)c(F)c1F. The van der Waals surface area contributed by atoms with Crippen LogP contribution in [0.4, 0.5) is 22.0 Å². The summed E-state index contributed by atoms with van der Waals surface area (Å²) in [6.07, 6.45) is -4.01. The average Bonchev–Trinajstić information content (AvgIpc) is 3.39. The van der Waals surface area contributed by atoms with E-state index in [0.717, 1.165) is 6.07 Å². The lowest BCUT2D eigenvalue weighted by atomic mass is 9.83. The number of rotatable bonds is 10. The van der Waals surface area contributed by atoms with Gasteiger partial charge in [-0.25, -0.2) is 8.78 Å². The average molecular weight is 488 g/mol. The molecule has 3 rings (SSSR count). The van der Waals surface area contributed by atoms with E-state index in [-0.39, 0.29) is 37.1 Å². The first-order valence-electron chi connectivity index (χ1n) is 10.5. The molecule has 0 unspecified atom stereocenters. The van der Waals surface area contributed by atoms with Gasteiger partial charge in [-0.1, -0.05) is 6.07 Å². The number of nitrogens with two attached hydrogens (primary N) is 1. The molecule has 1 aromatic heterocycles. The molecule has 4 N–H and O–H groups in total. The zero-order valence-corrected chi connectivity index (χ0v) is 18.5. The van der Waals surface area contributed by atoms with E-state index < -0.39 is 59.0 Å². The van der Waals surface area contributed by atoms with Crippen molar-refractivity contribution in [3.8, 4) is 0 Å². The first-order valence-corrected chi connectivity index (χ1v) is 10.5. The van der Waals surface area contributed by atoms with Crippen LogP contribution in [-0.2, 0) is 11.2 Å². The minimum absolute atomic E-state index is 0.0327. The molecule has 1 aliphatic carbocycles. The van der Waals surface area contributed by atoms with Gasteiger partial charge in [0.05, 0.1) is 22.9 Å². The second-order valence-corrected chi connectivity index (χ2v) is 8.70. The third-order valence-electron chi connectivity index (χ3n) is 6.35. The van der Waals surface area contributed by atoms with E-state index in [4.69, 9.17) is 5.73 Å².